The maximum atomic E-state index is 13.9. The van der Waals surface area contributed by atoms with Crippen molar-refractivity contribution in [2.75, 3.05) is 19.6 Å². The molecule has 3 rings (SSSR count). The summed E-state index contributed by atoms with van der Waals surface area (Å²) in [6, 6.07) is 6.71. The predicted molar refractivity (Wildman–Crippen MR) is 123 cm³/mol. The lowest BCUT2D eigenvalue weighted by Crippen LogP contribution is -2.46. The van der Waals surface area contributed by atoms with Crippen molar-refractivity contribution in [3.8, 4) is 5.75 Å². The maximum Gasteiger partial charge on any atom is 0.395 e. The van der Waals surface area contributed by atoms with E-state index in [1.165, 1.54) is 12.4 Å². The van der Waals surface area contributed by atoms with Crippen LogP contribution >= 0.6 is 0 Å². The number of hydrogen-bond donors (Lipinski definition) is 2. The fourth-order valence-corrected chi connectivity index (χ4v) is 4.71. The van der Waals surface area contributed by atoms with Gasteiger partial charge in [0, 0.05) is 37.3 Å². The molecule has 1 saturated carbocycles. The van der Waals surface area contributed by atoms with E-state index in [-0.39, 0.29) is 36.9 Å². The van der Waals surface area contributed by atoms with Crippen molar-refractivity contribution in [2.45, 2.75) is 64.6 Å². The molecule has 0 spiro atoms. The molecule has 6 nitrogen and oxygen atoms in total. The molecule has 1 aromatic carbocycles. The number of benzene rings is 1. The molecule has 2 N–H and O–H groups in total. The van der Waals surface area contributed by atoms with Gasteiger partial charge in [0.2, 0.25) is 5.91 Å². The third-order valence-electron chi connectivity index (χ3n) is 6.95. The highest BCUT2D eigenvalue weighted by Crippen LogP contribution is 2.65. The summed E-state index contributed by atoms with van der Waals surface area (Å²) in [6.07, 6.45) is -1.30. The number of phenolic OH excluding ortho intramolecular Hbond substituents is 1. The van der Waals surface area contributed by atoms with Crippen LogP contribution in [0.4, 0.5) is 13.2 Å². The molecule has 1 aliphatic carbocycles. The van der Waals surface area contributed by atoms with Gasteiger partial charge >= 0.3 is 6.18 Å². The molecule has 2 aromatic rings. The topological polar surface area (TPSA) is 78.4 Å². The van der Waals surface area contributed by atoms with Crippen molar-refractivity contribution in [3.63, 3.8) is 0 Å². The highest BCUT2D eigenvalue weighted by Gasteiger charge is 2.68. The molecule has 1 fully saturated rings. The summed E-state index contributed by atoms with van der Waals surface area (Å²) in [7, 11) is 0. The molecule has 2 unspecified atom stereocenters. The molecule has 0 bridgehead atoms. The van der Waals surface area contributed by atoms with E-state index in [1.807, 2.05) is 26.8 Å². The van der Waals surface area contributed by atoms with Gasteiger partial charge in [-0.3, -0.25) is 9.69 Å². The molecule has 34 heavy (non-hydrogen) atoms. The first-order valence-corrected chi connectivity index (χ1v) is 11.7. The number of aromatic hydroxyl groups is 1. The van der Waals surface area contributed by atoms with Crippen LogP contribution in [0.25, 0.3) is 0 Å². The number of carbonyl (C=O) groups excluding carboxylic acids is 1. The third-order valence-corrected chi connectivity index (χ3v) is 6.95. The molecule has 1 aromatic heterocycles. The second-order valence-corrected chi connectivity index (χ2v) is 9.01. The fourth-order valence-electron chi connectivity index (χ4n) is 4.71. The number of nitrogens with one attached hydrogen (secondary N) is 1. The van der Waals surface area contributed by atoms with Gasteiger partial charge in [0.05, 0.1) is 5.41 Å². The summed E-state index contributed by atoms with van der Waals surface area (Å²) in [6.45, 7) is 7.83. The Balaban J connectivity index is 1.73. The van der Waals surface area contributed by atoms with E-state index in [2.05, 4.69) is 20.2 Å². The molecular formula is C25H33F3N4O2. The minimum Gasteiger partial charge on any atom is -0.508 e. The average molecular weight is 479 g/mol. The van der Waals surface area contributed by atoms with Crippen LogP contribution in [0, 0.1) is 12.3 Å². The average Bonchev–Trinajstić information content (AvgIpc) is 3.61. The van der Waals surface area contributed by atoms with E-state index in [4.69, 9.17) is 0 Å². The highest BCUT2D eigenvalue weighted by atomic mass is 19.4. The SMILES string of the molecule is CCN(CC)C(CNC(=O)CC(c1ncccn1)C1(C(F)(F)F)CC1)Cc1ccc(O)cc1C. The first-order chi connectivity index (χ1) is 16.1. The maximum absolute atomic E-state index is 13.9. The number of nitrogens with zero attached hydrogens (tertiary/aromatic N) is 3. The zero-order valence-electron chi connectivity index (χ0n) is 19.9. The van der Waals surface area contributed by atoms with Gasteiger partial charge in [-0.15, -0.1) is 0 Å². The Bertz CT molecular complexity index is 960. The van der Waals surface area contributed by atoms with E-state index < -0.39 is 23.4 Å². The van der Waals surface area contributed by atoms with Crippen LogP contribution < -0.4 is 5.32 Å². The Labute approximate surface area is 198 Å². The number of carbonyl (C=O) groups is 1. The highest BCUT2D eigenvalue weighted by molar-refractivity contribution is 5.77. The van der Waals surface area contributed by atoms with Crippen molar-refractivity contribution in [3.05, 3.63) is 53.6 Å². The fraction of sp³-hybridized carbons (Fsp3) is 0.560. The monoisotopic (exact) mass is 478 g/mol. The van der Waals surface area contributed by atoms with Gasteiger partial charge in [-0.05, 0) is 68.6 Å². The lowest BCUT2D eigenvalue weighted by Gasteiger charge is -2.31. The zero-order chi connectivity index (χ0) is 24.9. The standard InChI is InChI=1S/C25H33F3N4O2/c1-4-32(5-2)19(14-18-7-8-20(33)13-17(18)3)16-31-22(34)15-21(23-29-11-6-12-30-23)24(9-10-24)25(26,27)28/h6-8,11-13,19,21,33H,4-5,9-10,14-16H2,1-3H3,(H,31,34). The molecule has 0 aliphatic heterocycles. The zero-order valence-corrected chi connectivity index (χ0v) is 19.9. The van der Waals surface area contributed by atoms with Crippen LogP contribution in [0.1, 0.15) is 56.0 Å². The van der Waals surface area contributed by atoms with Gasteiger partial charge in [0.25, 0.3) is 0 Å². The number of rotatable bonds is 11. The summed E-state index contributed by atoms with van der Waals surface area (Å²) in [4.78, 5) is 23.2. The second kappa shape index (κ2) is 10.7. The molecule has 186 valence electrons. The number of halogens is 3. The van der Waals surface area contributed by atoms with Crippen molar-refractivity contribution in [1.82, 2.24) is 20.2 Å². The number of likely N-dealkylation sites (N-methyl/N-ethyl adjacent to an activating group) is 1. The normalized spacial score (nSPS) is 16.8. The summed E-state index contributed by atoms with van der Waals surface area (Å²) in [5, 5.41) is 12.6. The number of phenols is 1. The Morgan fingerprint density at radius 3 is 2.38 bits per heavy atom. The molecule has 0 radical (unpaired) electrons. The van der Waals surface area contributed by atoms with E-state index in [0.717, 1.165) is 24.2 Å². The van der Waals surface area contributed by atoms with Crippen molar-refractivity contribution >= 4 is 5.91 Å². The third kappa shape index (κ3) is 5.87. The summed E-state index contributed by atoms with van der Waals surface area (Å²) in [5.74, 6) is -1.29. The lowest BCUT2D eigenvalue weighted by molar-refractivity contribution is -0.195. The van der Waals surface area contributed by atoms with Gasteiger partial charge in [-0.1, -0.05) is 19.9 Å². The predicted octanol–water partition coefficient (Wildman–Crippen LogP) is 4.38. The van der Waals surface area contributed by atoms with Gasteiger partial charge in [0.1, 0.15) is 11.6 Å². The van der Waals surface area contributed by atoms with Crippen LogP contribution in [0.3, 0.4) is 0 Å². The van der Waals surface area contributed by atoms with Crippen LogP contribution in [-0.4, -0.2) is 57.7 Å². The Kier molecular flexibility index (Phi) is 8.17. The first kappa shape index (κ1) is 25.9. The van der Waals surface area contributed by atoms with Crippen LogP contribution in [0.2, 0.25) is 0 Å². The number of alkyl halides is 3. The molecule has 9 heteroatoms. The number of amides is 1. The molecule has 0 saturated heterocycles. The Hall–Kier alpha value is -2.68. The minimum absolute atomic E-state index is 0.0189. The van der Waals surface area contributed by atoms with Gasteiger partial charge in [0.15, 0.2) is 0 Å². The van der Waals surface area contributed by atoms with Gasteiger partial charge in [-0.2, -0.15) is 13.2 Å². The van der Waals surface area contributed by atoms with Crippen molar-refractivity contribution in [1.29, 1.82) is 0 Å². The number of hydrogen-bond acceptors (Lipinski definition) is 5. The second-order valence-electron chi connectivity index (χ2n) is 9.01. The molecule has 1 amide bonds. The van der Waals surface area contributed by atoms with Gasteiger partial charge < -0.3 is 10.4 Å². The van der Waals surface area contributed by atoms with Crippen LogP contribution in [0.5, 0.6) is 5.75 Å². The number of aryl methyl sites for hydroxylation is 1. The largest absolute Gasteiger partial charge is 0.508 e. The van der Waals surface area contributed by atoms with E-state index in [9.17, 15) is 23.1 Å². The van der Waals surface area contributed by atoms with E-state index >= 15 is 0 Å². The lowest BCUT2D eigenvalue weighted by atomic mass is 9.84. The quantitative estimate of drug-likeness (QED) is 0.501. The number of aromatic nitrogens is 2. The summed E-state index contributed by atoms with van der Waals surface area (Å²) >= 11 is 0. The molecule has 1 aliphatic rings. The van der Waals surface area contributed by atoms with Crippen molar-refractivity contribution in [2.24, 2.45) is 5.41 Å². The Morgan fingerprint density at radius 1 is 1.21 bits per heavy atom. The van der Waals surface area contributed by atoms with Crippen LogP contribution in [0.15, 0.2) is 36.7 Å². The summed E-state index contributed by atoms with van der Waals surface area (Å²) < 4.78 is 41.7. The summed E-state index contributed by atoms with van der Waals surface area (Å²) in [5.41, 5.74) is 0.0618. The molecule has 2 atom stereocenters. The smallest absolute Gasteiger partial charge is 0.395 e. The van der Waals surface area contributed by atoms with E-state index in [0.29, 0.717) is 13.0 Å². The first-order valence-electron chi connectivity index (χ1n) is 11.7. The van der Waals surface area contributed by atoms with Crippen LogP contribution in [-0.2, 0) is 11.2 Å². The van der Waals surface area contributed by atoms with Gasteiger partial charge in [-0.25, -0.2) is 9.97 Å². The van der Waals surface area contributed by atoms with Crippen molar-refractivity contribution < 1.29 is 23.1 Å². The van der Waals surface area contributed by atoms with E-state index in [1.54, 1.807) is 18.2 Å². The Morgan fingerprint density at radius 2 is 1.85 bits per heavy atom. The minimum atomic E-state index is -4.42. The molecule has 1 heterocycles. The molecular weight excluding hydrogens is 445 g/mol.